The number of rotatable bonds is 4. The van der Waals surface area contributed by atoms with Gasteiger partial charge in [-0.15, -0.1) is 0 Å². The van der Waals surface area contributed by atoms with E-state index in [4.69, 9.17) is 4.74 Å². The highest BCUT2D eigenvalue weighted by atomic mass is 16.5. The maximum atomic E-state index is 9.26. The van der Waals surface area contributed by atoms with Gasteiger partial charge in [-0.3, -0.25) is 0 Å². The minimum absolute atomic E-state index is 0.0478. The number of hydrogen-bond acceptors (Lipinski definition) is 3. The summed E-state index contributed by atoms with van der Waals surface area (Å²) in [7, 11) is 0. The SMILES string of the molecule is CCc1cccc(CC)c1N1CCOC(CO)C1. The number of aliphatic hydroxyl groups excluding tert-OH is 1. The molecule has 1 aromatic rings. The Morgan fingerprint density at radius 3 is 2.50 bits per heavy atom. The molecule has 0 aliphatic carbocycles. The van der Waals surface area contributed by atoms with Crippen molar-refractivity contribution < 1.29 is 9.84 Å². The first kappa shape index (κ1) is 13.4. The summed E-state index contributed by atoms with van der Waals surface area (Å²) in [5.41, 5.74) is 4.16. The molecule has 1 unspecified atom stereocenters. The van der Waals surface area contributed by atoms with Crippen LogP contribution in [-0.2, 0) is 17.6 Å². The molecule has 1 aliphatic rings. The predicted molar refractivity (Wildman–Crippen MR) is 74.2 cm³/mol. The van der Waals surface area contributed by atoms with Gasteiger partial charge in [-0.25, -0.2) is 0 Å². The third kappa shape index (κ3) is 2.68. The van der Waals surface area contributed by atoms with Gasteiger partial charge >= 0.3 is 0 Å². The highest BCUT2D eigenvalue weighted by Crippen LogP contribution is 2.28. The van der Waals surface area contributed by atoms with Crippen LogP contribution in [0.15, 0.2) is 18.2 Å². The molecule has 0 spiro atoms. The van der Waals surface area contributed by atoms with Crippen LogP contribution in [0, 0.1) is 0 Å². The average Bonchev–Trinajstić information content (AvgIpc) is 2.46. The molecule has 1 atom stereocenters. The Bertz CT molecular complexity index is 370. The van der Waals surface area contributed by atoms with Gasteiger partial charge in [0.1, 0.15) is 0 Å². The first-order valence-electron chi connectivity index (χ1n) is 6.88. The van der Waals surface area contributed by atoms with Crippen molar-refractivity contribution in [2.75, 3.05) is 31.2 Å². The molecule has 1 saturated heterocycles. The fraction of sp³-hybridized carbons (Fsp3) is 0.600. The molecule has 3 nitrogen and oxygen atoms in total. The van der Waals surface area contributed by atoms with Gasteiger partial charge in [0, 0.05) is 18.8 Å². The Morgan fingerprint density at radius 2 is 1.94 bits per heavy atom. The van der Waals surface area contributed by atoms with Crippen molar-refractivity contribution in [2.24, 2.45) is 0 Å². The van der Waals surface area contributed by atoms with Crippen molar-refractivity contribution in [1.82, 2.24) is 0 Å². The molecular weight excluding hydrogens is 226 g/mol. The van der Waals surface area contributed by atoms with Crippen molar-refractivity contribution in [2.45, 2.75) is 32.8 Å². The molecule has 1 aromatic carbocycles. The Morgan fingerprint density at radius 1 is 1.28 bits per heavy atom. The quantitative estimate of drug-likeness (QED) is 0.886. The van der Waals surface area contributed by atoms with Crippen LogP contribution in [0.3, 0.4) is 0 Å². The lowest BCUT2D eigenvalue weighted by atomic mass is 10.0. The second kappa shape index (κ2) is 6.21. The summed E-state index contributed by atoms with van der Waals surface area (Å²) in [6.45, 7) is 6.91. The normalized spacial score (nSPS) is 20.2. The number of aryl methyl sites for hydroxylation is 2. The maximum absolute atomic E-state index is 9.26. The van der Waals surface area contributed by atoms with E-state index >= 15 is 0 Å². The number of morpholine rings is 1. The second-order valence-corrected chi connectivity index (χ2v) is 4.75. The van der Waals surface area contributed by atoms with Gasteiger partial charge in [0.25, 0.3) is 0 Å². The topological polar surface area (TPSA) is 32.7 Å². The second-order valence-electron chi connectivity index (χ2n) is 4.75. The zero-order chi connectivity index (χ0) is 13.0. The van der Waals surface area contributed by atoms with Gasteiger partial charge in [0.2, 0.25) is 0 Å². The number of para-hydroxylation sites is 1. The summed E-state index contributed by atoms with van der Waals surface area (Å²) in [4.78, 5) is 2.38. The third-order valence-electron chi connectivity index (χ3n) is 3.62. The lowest BCUT2D eigenvalue weighted by Gasteiger charge is -2.36. The highest BCUT2D eigenvalue weighted by molar-refractivity contribution is 5.60. The number of ether oxygens (including phenoxy) is 1. The first-order chi connectivity index (χ1) is 8.80. The molecule has 100 valence electrons. The molecule has 0 bridgehead atoms. The summed E-state index contributed by atoms with van der Waals surface area (Å²) < 4.78 is 5.53. The van der Waals surface area contributed by atoms with E-state index in [1.165, 1.54) is 16.8 Å². The highest BCUT2D eigenvalue weighted by Gasteiger charge is 2.22. The molecule has 0 radical (unpaired) electrons. The van der Waals surface area contributed by atoms with E-state index in [2.05, 4.69) is 36.9 Å². The number of anilines is 1. The van der Waals surface area contributed by atoms with E-state index in [1.807, 2.05) is 0 Å². The summed E-state index contributed by atoms with van der Waals surface area (Å²) in [5.74, 6) is 0. The molecule has 0 saturated carbocycles. The zero-order valence-corrected chi connectivity index (χ0v) is 11.4. The smallest absolute Gasteiger partial charge is 0.0980 e. The van der Waals surface area contributed by atoms with Crippen LogP contribution in [-0.4, -0.2) is 37.5 Å². The summed E-state index contributed by atoms with van der Waals surface area (Å²) in [5, 5.41) is 9.26. The zero-order valence-electron chi connectivity index (χ0n) is 11.4. The Hall–Kier alpha value is -1.06. The van der Waals surface area contributed by atoms with Crippen LogP contribution >= 0.6 is 0 Å². The number of hydrogen-bond donors (Lipinski definition) is 1. The van der Waals surface area contributed by atoms with E-state index in [9.17, 15) is 5.11 Å². The third-order valence-corrected chi connectivity index (χ3v) is 3.62. The summed E-state index contributed by atoms with van der Waals surface area (Å²) in [6.07, 6.45) is 2.04. The first-order valence-corrected chi connectivity index (χ1v) is 6.88. The largest absolute Gasteiger partial charge is 0.394 e. The van der Waals surface area contributed by atoms with Crippen LogP contribution in [0.2, 0.25) is 0 Å². The summed E-state index contributed by atoms with van der Waals surface area (Å²) in [6, 6.07) is 6.56. The molecular formula is C15H23NO2. The van der Waals surface area contributed by atoms with Gasteiger partial charge < -0.3 is 14.7 Å². The molecule has 1 aliphatic heterocycles. The van der Waals surface area contributed by atoms with Crippen molar-refractivity contribution in [1.29, 1.82) is 0 Å². The molecule has 0 aromatic heterocycles. The predicted octanol–water partition coefficient (Wildman–Crippen LogP) is 2.01. The van der Waals surface area contributed by atoms with Gasteiger partial charge in [0.05, 0.1) is 19.3 Å². The Labute approximate surface area is 109 Å². The van der Waals surface area contributed by atoms with Crippen LogP contribution in [0.4, 0.5) is 5.69 Å². The maximum Gasteiger partial charge on any atom is 0.0980 e. The van der Waals surface area contributed by atoms with Crippen molar-refractivity contribution in [3.63, 3.8) is 0 Å². The molecule has 3 heteroatoms. The monoisotopic (exact) mass is 249 g/mol. The Balaban J connectivity index is 2.30. The van der Waals surface area contributed by atoms with Gasteiger partial charge in [-0.1, -0.05) is 32.0 Å². The molecule has 1 heterocycles. The molecule has 1 N–H and O–H groups in total. The number of nitrogens with zero attached hydrogens (tertiary/aromatic N) is 1. The Kier molecular flexibility index (Phi) is 4.61. The van der Waals surface area contributed by atoms with Crippen molar-refractivity contribution in [3.8, 4) is 0 Å². The van der Waals surface area contributed by atoms with Gasteiger partial charge in [-0.2, -0.15) is 0 Å². The standard InChI is InChI=1S/C15H23NO2/c1-3-12-6-5-7-13(4-2)15(12)16-8-9-18-14(10-16)11-17/h5-7,14,17H,3-4,8-11H2,1-2H3. The molecule has 0 amide bonds. The van der Waals surface area contributed by atoms with E-state index in [1.54, 1.807) is 0 Å². The molecule has 18 heavy (non-hydrogen) atoms. The fourth-order valence-electron chi connectivity index (χ4n) is 2.65. The van der Waals surface area contributed by atoms with E-state index < -0.39 is 0 Å². The van der Waals surface area contributed by atoms with Gasteiger partial charge in [-0.05, 0) is 24.0 Å². The van der Waals surface area contributed by atoms with E-state index in [0.717, 1.165) is 25.9 Å². The molecule has 1 fully saturated rings. The van der Waals surface area contributed by atoms with Crippen molar-refractivity contribution >= 4 is 5.69 Å². The van der Waals surface area contributed by atoms with Gasteiger partial charge in [0.15, 0.2) is 0 Å². The van der Waals surface area contributed by atoms with E-state index in [0.29, 0.717) is 6.61 Å². The van der Waals surface area contributed by atoms with Crippen LogP contribution in [0.1, 0.15) is 25.0 Å². The van der Waals surface area contributed by atoms with Crippen LogP contribution in [0.5, 0.6) is 0 Å². The summed E-state index contributed by atoms with van der Waals surface area (Å²) >= 11 is 0. The van der Waals surface area contributed by atoms with Crippen molar-refractivity contribution in [3.05, 3.63) is 29.3 Å². The lowest BCUT2D eigenvalue weighted by molar-refractivity contribution is 0.00349. The lowest BCUT2D eigenvalue weighted by Crippen LogP contribution is -2.44. The number of aliphatic hydroxyl groups is 1. The van der Waals surface area contributed by atoms with Crippen LogP contribution in [0.25, 0.3) is 0 Å². The minimum Gasteiger partial charge on any atom is -0.394 e. The fourth-order valence-corrected chi connectivity index (χ4v) is 2.65. The van der Waals surface area contributed by atoms with Crippen LogP contribution < -0.4 is 4.90 Å². The average molecular weight is 249 g/mol. The van der Waals surface area contributed by atoms with E-state index in [-0.39, 0.29) is 12.7 Å². The molecule has 2 rings (SSSR count). The number of benzene rings is 1. The minimum atomic E-state index is -0.0478.